The van der Waals surface area contributed by atoms with Crippen molar-refractivity contribution in [2.45, 2.75) is 32.6 Å². The Bertz CT molecular complexity index is 463. The minimum atomic E-state index is 0.0177. The molecule has 0 spiro atoms. The summed E-state index contributed by atoms with van der Waals surface area (Å²) < 4.78 is 2.14. The van der Waals surface area contributed by atoms with Gasteiger partial charge >= 0.3 is 0 Å². The van der Waals surface area contributed by atoms with Crippen molar-refractivity contribution in [1.29, 1.82) is 0 Å². The van der Waals surface area contributed by atoms with Gasteiger partial charge in [-0.05, 0) is 6.54 Å². The summed E-state index contributed by atoms with van der Waals surface area (Å²) in [5.74, 6) is 1.02. The normalized spacial score (nSPS) is 12.5. The van der Waals surface area contributed by atoms with Gasteiger partial charge in [0.15, 0.2) is 0 Å². The lowest BCUT2D eigenvalue weighted by Gasteiger charge is -2.15. The fourth-order valence-corrected chi connectivity index (χ4v) is 2.44. The van der Waals surface area contributed by atoms with Gasteiger partial charge in [-0.2, -0.15) is 0 Å². The molecule has 15 heavy (non-hydrogen) atoms. The van der Waals surface area contributed by atoms with Gasteiger partial charge in [-0.3, -0.25) is 4.40 Å². The van der Waals surface area contributed by atoms with Crippen LogP contribution in [0.25, 0.3) is 4.96 Å². The number of hydrogen-bond acceptors (Lipinski definition) is 4. The van der Waals surface area contributed by atoms with Crippen LogP contribution in [0, 0.1) is 0 Å². The molecule has 0 unspecified atom stereocenters. The summed E-state index contributed by atoms with van der Waals surface area (Å²) in [4.78, 5) is 0.961. The van der Waals surface area contributed by atoms with Crippen LogP contribution in [-0.2, 0) is 11.8 Å². The van der Waals surface area contributed by atoms with Gasteiger partial charge < -0.3 is 5.73 Å². The third-order valence-electron chi connectivity index (χ3n) is 2.29. The van der Waals surface area contributed by atoms with E-state index in [-0.39, 0.29) is 5.41 Å². The maximum Gasteiger partial charge on any atom is 0.216 e. The Morgan fingerprint density at radius 1 is 1.40 bits per heavy atom. The highest BCUT2D eigenvalue weighted by molar-refractivity contribution is 7.15. The molecule has 0 aliphatic heterocycles. The van der Waals surface area contributed by atoms with Crippen molar-refractivity contribution in [2.75, 3.05) is 6.54 Å². The molecule has 0 aliphatic rings. The van der Waals surface area contributed by atoms with Gasteiger partial charge in [-0.1, -0.05) is 20.8 Å². The highest BCUT2D eigenvalue weighted by Gasteiger charge is 2.22. The molecule has 0 radical (unpaired) electrons. The molecule has 5 heteroatoms. The average Bonchev–Trinajstić information content (AvgIpc) is 2.66. The minimum Gasteiger partial charge on any atom is -0.330 e. The van der Waals surface area contributed by atoms with E-state index in [0.717, 1.165) is 17.2 Å². The lowest BCUT2D eigenvalue weighted by molar-refractivity contribution is 0.535. The maximum atomic E-state index is 5.59. The molecule has 0 aromatic carbocycles. The molecular weight excluding hydrogens is 208 g/mol. The molecule has 4 nitrogen and oxygen atoms in total. The van der Waals surface area contributed by atoms with E-state index in [0.29, 0.717) is 6.54 Å². The second kappa shape index (κ2) is 3.57. The predicted octanol–water partition coefficient (Wildman–Crippen LogP) is 1.59. The minimum absolute atomic E-state index is 0.0177. The molecule has 2 aromatic rings. The first-order valence-corrected chi connectivity index (χ1v) is 5.94. The number of thiazole rings is 1. The first kappa shape index (κ1) is 10.6. The number of nitrogens with zero attached hydrogens (tertiary/aromatic N) is 3. The molecular formula is C10H16N4S. The predicted molar refractivity (Wildman–Crippen MR) is 62.3 cm³/mol. The molecule has 0 fully saturated rings. The van der Waals surface area contributed by atoms with Crippen molar-refractivity contribution < 1.29 is 0 Å². The summed E-state index contributed by atoms with van der Waals surface area (Å²) in [6, 6.07) is 0. The number of aromatic nitrogens is 3. The van der Waals surface area contributed by atoms with Crippen LogP contribution in [0.15, 0.2) is 5.38 Å². The van der Waals surface area contributed by atoms with E-state index in [1.54, 1.807) is 11.3 Å². The van der Waals surface area contributed by atoms with Gasteiger partial charge in [0.2, 0.25) is 4.96 Å². The summed E-state index contributed by atoms with van der Waals surface area (Å²) in [6.07, 6.45) is 0.876. The molecule has 82 valence electrons. The molecule has 0 amide bonds. The van der Waals surface area contributed by atoms with Crippen LogP contribution < -0.4 is 5.73 Å². The second-order valence-corrected chi connectivity index (χ2v) is 5.49. The summed E-state index contributed by atoms with van der Waals surface area (Å²) in [5, 5.41) is 10.5. The summed E-state index contributed by atoms with van der Waals surface area (Å²) in [5.41, 5.74) is 6.82. The van der Waals surface area contributed by atoms with Gasteiger partial charge in [-0.25, -0.2) is 0 Å². The Balaban J connectivity index is 2.60. The third-order valence-corrected chi connectivity index (χ3v) is 3.16. The SMILES string of the molecule is CC(C)(C)c1nnc2scc(CCN)n12. The first-order chi connectivity index (χ1) is 7.04. The van der Waals surface area contributed by atoms with Gasteiger partial charge in [0.1, 0.15) is 5.82 Å². The van der Waals surface area contributed by atoms with E-state index < -0.39 is 0 Å². The third kappa shape index (κ3) is 1.77. The molecule has 0 bridgehead atoms. The fraction of sp³-hybridized carbons (Fsp3) is 0.600. The molecule has 2 heterocycles. The lowest BCUT2D eigenvalue weighted by Crippen LogP contribution is -2.17. The zero-order valence-corrected chi connectivity index (χ0v) is 10.1. The standard InChI is InChI=1S/C10H16N4S/c1-10(2,3)8-12-13-9-14(8)7(4-5-11)6-15-9/h6H,4-5,11H2,1-3H3. The van der Waals surface area contributed by atoms with Crippen LogP contribution in [0.5, 0.6) is 0 Å². The zero-order chi connectivity index (χ0) is 11.1. The summed E-state index contributed by atoms with van der Waals surface area (Å²) in [6.45, 7) is 7.10. The van der Waals surface area contributed by atoms with Crippen LogP contribution in [-0.4, -0.2) is 21.1 Å². The van der Waals surface area contributed by atoms with E-state index in [2.05, 4.69) is 40.7 Å². The molecule has 2 N–H and O–H groups in total. The molecule has 2 rings (SSSR count). The largest absolute Gasteiger partial charge is 0.330 e. The Morgan fingerprint density at radius 3 is 2.73 bits per heavy atom. The van der Waals surface area contributed by atoms with Crippen LogP contribution in [0.4, 0.5) is 0 Å². The summed E-state index contributed by atoms with van der Waals surface area (Å²) in [7, 11) is 0. The van der Waals surface area contributed by atoms with Gasteiger partial charge in [0.25, 0.3) is 0 Å². The number of nitrogens with two attached hydrogens (primary N) is 1. The van der Waals surface area contributed by atoms with Crippen LogP contribution in [0.3, 0.4) is 0 Å². The number of rotatable bonds is 2. The fourth-order valence-electron chi connectivity index (χ4n) is 1.58. The highest BCUT2D eigenvalue weighted by Crippen LogP contribution is 2.25. The maximum absolute atomic E-state index is 5.59. The number of hydrogen-bond donors (Lipinski definition) is 1. The Labute approximate surface area is 93.1 Å². The Kier molecular flexibility index (Phi) is 2.52. The van der Waals surface area contributed by atoms with Crippen molar-refractivity contribution in [3.05, 3.63) is 16.9 Å². The van der Waals surface area contributed by atoms with Gasteiger partial charge in [-0.15, -0.1) is 21.5 Å². The average molecular weight is 224 g/mol. The Morgan fingerprint density at radius 2 is 2.13 bits per heavy atom. The lowest BCUT2D eigenvalue weighted by atomic mass is 9.96. The number of fused-ring (bicyclic) bond motifs is 1. The molecule has 0 aliphatic carbocycles. The topological polar surface area (TPSA) is 56.2 Å². The van der Waals surface area contributed by atoms with E-state index in [1.807, 2.05) is 0 Å². The molecule has 2 aromatic heterocycles. The smallest absolute Gasteiger partial charge is 0.216 e. The summed E-state index contributed by atoms with van der Waals surface area (Å²) >= 11 is 1.62. The molecule has 0 saturated carbocycles. The van der Waals surface area contributed by atoms with Crippen molar-refractivity contribution in [1.82, 2.24) is 14.6 Å². The van der Waals surface area contributed by atoms with E-state index in [4.69, 9.17) is 5.73 Å². The zero-order valence-electron chi connectivity index (χ0n) is 9.32. The first-order valence-electron chi connectivity index (χ1n) is 5.06. The molecule has 0 saturated heterocycles. The Hall–Kier alpha value is -0.940. The van der Waals surface area contributed by atoms with Crippen LogP contribution in [0.2, 0.25) is 0 Å². The molecule has 0 atom stereocenters. The van der Waals surface area contributed by atoms with E-state index in [9.17, 15) is 0 Å². The van der Waals surface area contributed by atoms with E-state index in [1.165, 1.54) is 5.69 Å². The van der Waals surface area contributed by atoms with Crippen molar-refractivity contribution in [3.63, 3.8) is 0 Å². The van der Waals surface area contributed by atoms with Gasteiger partial charge in [0, 0.05) is 22.9 Å². The quantitative estimate of drug-likeness (QED) is 0.842. The van der Waals surface area contributed by atoms with Crippen molar-refractivity contribution >= 4 is 16.3 Å². The van der Waals surface area contributed by atoms with E-state index >= 15 is 0 Å². The highest BCUT2D eigenvalue weighted by atomic mass is 32.1. The van der Waals surface area contributed by atoms with Crippen LogP contribution in [0.1, 0.15) is 32.3 Å². The van der Waals surface area contributed by atoms with Crippen molar-refractivity contribution in [3.8, 4) is 0 Å². The second-order valence-electron chi connectivity index (χ2n) is 4.66. The van der Waals surface area contributed by atoms with Crippen LogP contribution >= 0.6 is 11.3 Å². The monoisotopic (exact) mass is 224 g/mol. The van der Waals surface area contributed by atoms with Gasteiger partial charge in [0.05, 0.1) is 0 Å². The van der Waals surface area contributed by atoms with Crippen molar-refractivity contribution in [2.24, 2.45) is 5.73 Å².